The van der Waals surface area contributed by atoms with Gasteiger partial charge < -0.3 is 14.6 Å². The van der Waals surface area contributed by atoms with Gasteiger partial charge in [-0.15, -0.1) is 0 Å². The molecule has 7 rings (SSSR count). The molecule has 1 spiro atoms. The second-order valence-corrected chi connectivity index (χ2v) is 14.2. The molecule has 218 valence electrons. The maximum Gasteiger partial charge on any atom is 0.338 e. The summed E-state index contributed by atoms with van der Waals surface area (Å²) in [6.07, 6.45) is 5.70. The quantitative estimate of drug-likeness (QED) is 0.466. The van der Waals surface area contributed by atoms with Crippen molar-refractivity contribution in [3.63, 3.8) is 0 Å². The van der Waals surface area contributed by atoms with E-state index in [9.17, 15) is 14.7 Å². The third kappa shape index (κ3) is 4.11. The van der Waals surface area contributed by atoms with E-state index >= 15 is 0 Å². The van der Waals surface area contributed by atoms with E-state index < -0.39 is 6.10 Å². The Morgan fingerprint density at radius 2 is 1.61 bits per heavy atom. The Morgan fingerprint density at radius 3 is 2.29 bits per heavy atom. The summed E-state index contributed by atoms with van der Waals surface area (Å²) in [6, 6.07) is 18.5. The smallest absolute Gasteiger partial charge is 0.338 e. The highest BCUT2D eigenvalue weighted by Gasteiger charge is 2.76. The van der Waals surface area contributed by atoms with Crippen LogP contribution in [0.3, 0.4) is 0 Å². The van der Waals surface area contributed by atoms with Crippen LogP contribution in [0.25, 0.3) is 0 Å². The minimum Gasteiger partial charge on any atom is -0.461 e. The van der Waals surface area contributed by atoms with Gasteiger partial charge in [-0.05, 0) is 90.9 Å². The number of hydrogen-bond acceptors (Lipinski definition) is 6. The molecule has 5 aliphatic rings. The molecule has 0 amide bonds. The summed E-state index contributed by atoms with van der Waals surface area (Å²) in [5.74, 6) is 0.934. The minimum absolute atomic E-state index is 0.0835. The van der Waals surface area contributed by atoms with Crippen molar-refractivity contribution >= 4 is 11.9 Å². The lowest BCUT2D eigenvalue weighted by Gasteiger charge is -2.70. The molecular formula is C35H43NO5. The number of carbonyl (C=O) groups is 2. The average molecular weight is 558 g/mol. The number of likely N-dealkylation sites (tertiary alicyclic amines) is 1. The Hall–Kier alpha value is -2.70. The first-order chi connectivity index (χ1) is 19.8. The molecule has 1 saturated heterocycles. The molecule has 2 aromatic carbocycles. The van der Waals surface area contributed by atoms with Crippen LogP contribution in [0.4, 0.5) is 0 Å². The molecule has 2 aromatic rings. The number of esters is 2. The van der Waals surface area contributed by atoms with Crippen LogP contribution in [0.15, 0.2) is 60.7 Å². The summed E-state index contributed by atoms with van der Waals surface area (Å²) < 4.78 is 12.2. The summed E-state index contributed by atoms with van der Waals surface area (Å²) in [5.41, 5.74) is 0.968. The van der Waals surface area contributed by atoms with Gasteiger partial charge in [0.05, 0.1) is 17.2 Å². The van der Waals surface area contributed by atoms with E-state index in [4.69, 9.17) is 9.47 Å². The summed E-state index contributed by atoms with van der Waals surface area (Å²) in [7, 11) is 0. The summed E-state index contributed by atoms with van der Waals surface area (Å²) in [6.45, 7) is 7.66. The lowest BCUT2D eigenvalue weighted by Crippen LogP contribution is -2.71. The van der Waals surface area contributed by atoms with Crippen molar-refractivity contribution in [3.8, 4) is 0 Å². The Morgan fingerprint density at radius 1 is 0.927 bits per heavy atom. The molecule has 5 fully saturated rings. The predicted octanol–water partition coefficient (Wildman–Crippen LogP) is 5.60. The molecule has 0 unspecified atom stereocenters. The van der Waals surface area contributed by atoms with Crippen LogP contribution in [0.2, 0.25) is 0 Å². The Bertz CT molecular complexity index is 1300. The van der Waals surface area contributed by atoms with Crippen LogP contribution in [0.5, 0.6) is 0 Å². The van der Waals surface area contributed by atoms with Gasteiger partial charge in [0.15, 0.2) is 0 Å². The molecular weight excluding hydrogens is 514 g/mol. The van der Waals surface area contributed by atoms with Gasteiger partial charge >= 0.3 is 11.9 Å². The fraction of sp³-hybridized carbons (Fsp3) is 0.600. The third-order valence-electron chi connectivity index (χ3n) is 12.3. The SMILES string of the molecule is C[C@H]1[C@H]2C[C@H]3[C@@]45CCC[C@@](C)(CN(CCOC(=O)c6ccccc6)C4)[C@H]5C[C@H](OC(=O)c4ccccc4)[C@]3(C2)[C@@H]1O. The van der Waals surface area contributed by atoms with E-state index in [-0.39, 0.29) is 40.2 Å². The van der Waals surface area contributed by atoms with Crippen molar-refractivity contribution in [1.29, 1.82) is 0 Å². The van der Waals surface area contributed by atoms with Crippen LogP contribution in [-0.2, 0) is 9.47 Å². The third-order valence-corrected chi connectivity index (χ3v) is 12.3. The lowest BCUT2D eigenvalue weighted by atomic mass is 9.39. The molecule has 1 N–H and O–H groups in total. The van der Waals surface area contributed by atoms with E-state index in [1.54, 1.807) is 12.1 Å². The van der Waals surface area contributed by atoms with Gasteiger partial charge in [-0.25, -0.2) is 9.59 Å². The average Bonchev–Trinajstić information content (AvgIpc) is 3.50. The normalized spacial score (nSPS) is 40.9. The van der Waals surface area contributed by atoms with Crippen molar-refractivity contribution in [2.45, 2.75) is 64.6 Å². The molecule has 4 aliphatic carbocycles. The maximum absolute atomic E-state index is 13.4. The number of nitrogens with zero attached hydrogens (tertiary/aromatic N) is 1. The first-order valence-electron chi connectivity index (χ1n) is 15.7. The number of rotatable bonds is 6. The minimum atomic E-state index is -0.453. The van der Waals surface area contributed by atoms with E-state index in [0.717, 1.165) is 51.7 Å². The highest BCUT2D eigenvalue weighted by molar-refractivity contribution is 5.89. The number of aliphatic hydroxyl groups excluding tert-OH is 1. The highest BCUT2D eigenvalue weighted by atomic mass is 16.5. The Labute approximate surface area is 243 Å². The molecule has 9 atom stereocenters. The Kier molecular flexibility index (Phi) is 6.59. The predicted molar refractivity (Wildman–Crippen MR) is 155 cm³/mol. The van der Waals surface area contributed by atoms with Crippen LogP contribution in [0.1, 0.15) is 73.1 Å². The van der Waals surface area contributed by atoms with Crippen LogP contribution < -0.4 is 0 Å². The van der Waals surface area contributed by atoms with Gasteiger partial charge in [0, 0.05) is 25.0 Å². The first kappa shape index (κ1) is 27.2. The van der Waals surface area contributed by atoms with Crippen LogP contribution in [0, 0.1) is 39.9 Å². The van der Waals surface area contributed by atoms with E-state index in [1.165, 1.54) is 6.42 Å². The zero-order chi connectivity index (χ0) is 28.4. The van der Waals surface area contributed by atoms with Gasteiger partial charge in [0.1, 0.15) is 12.7 Å². The lowest BCUT2D eigenvalue weighted by molar-refractivity contribution is -0.249. The monoisotopic (exact) mass is 557 g/mol. The number of piperidine rings is 1. The number of aliphatic hydroxyl groups is 1. The van der Waals surface area contributed by atoms with Crippen molar-refractivity contribution in [2.75, 3.05) is 26.2 Å². The zero-order valence-electron chi connectivity index (χ0n) is 24.3. The molecule has 0 radical (unpaired) electrons. The fourth-order valence-corrected chi connectivity index (χ4v) is 10.7. The molecule has 1 aliphatic heterocycles. The van der Waals surface area contributed by atoms with E-state index in [2.05, 4.69) is 18.7 Å². The Balaban J connectivity index is 1.16. The molecule has 1 heterocycles. The number of benzene rings is 2. The fourth-order valence-electron chi connectivity index (χ4n) is 10.7. The topological polar surface area (TPSA) is 76.1 Å². The number of fused-ring (bicyclic) bond motifs is 1. The molecule has 4 saturated carbocycles. The van der Waals surface area contributed by atoms with Crippen molar-refractivity contribution < 1.29 is 24.2 Å². The highest BCUT2D eigenvalue weighted by Crippen LogP contribution is 2.76. The molecule has 6 heteroatoms. The van der Waals surface area contributed by atoms with Crippen molar-refractivity contribution in [2.24, 2.45) is 39.9 Å². The zero-order valence-corrected chi connectivity index (χ0v) is 24.3. The number of carbonyl (C=O) groups excluding carboxylic acids is 2. The van der Waals surface area contributed by atoms with E-state index in [1.807, 2.05) is 48.5 Å². The second kappa shape index (κ2) is 9.95. The van der Waals surface area contributed by atoms with Gasteiger partial charge in [0.25, 0.3) is 0 Å². The van der Waals surface area contributed by atoms with Crippen molar-refractivity contribution in [1.82, 2.24) is 4.90 Å². The first-order valence-corrected chi connectivity index (χ1v) is 15.7. The van der Waals surface area contributed by atoms with Gasteiger partial charge in [0.2, 0.25) is 0 Å². The molecule has 6 nitrogen and oxygen atoms in total. The van der Waals surface area contributed by atoms with Gasteiger partial charge in [-0.1, -0.05) is 56.7 Å². The number of ether oxygens (including phenoxy) is 2. The van der Waals surface area contributed by atoms with E-state index in [0.29, 0.717) is 35.5 Å². The second-order valence-electron chi connectivity index (χ2n) is 14.2. The summed E-state index contributed by atoms with van der Waals surface area (Å²) in [4.78, 5) is 28.6. The molecule has 0 aromatic heterocycles. The van der Waals surface area contributed by atoms with Gasteiger partial charge in [-0.2, -0.15) is 0 Å². The maximum atomic E-state index is 13.4. The van der Waals surface area contributed by atoms with Crippen molar-refractivity contribution in [3.05, 3.63) is 71.8 Å². The van der Waals surface area contributed by atoms with Crippen LogP contribution >= 0.6 is 0 Å². The van der Waals surface area contributed by atoms with Gasteiger partial charge in [-0.3, -0.25) is 4.90 Å². The molecule has 4 bridgehead atoms. The molecule has 41 heavy (non-hydrogen) atoms. The summed E-state index contributed by atoms with van der Waals surface area (Å²) >= 11 is 0. The number of hydrogen-bond donors (Lipinski definition) is 1. The van der Waals surface area contributed by atoms with Crippen LogP contribution in [-0.4, -0.2) is 60.4 Å². The largest absolute Gasteiger partial charge is 0.461 e. The standard InChI is InChI=1S/C35H43NO5/c1-23-26-18-28-34-15-9-14-33(2,21-36(22-34)16-17-40-31(38)24-10-5-3-6-11-24)27(34)19-29(35(28,20-26)30(23)37)41-32(39)25-12-7-4-8-13-25/h3-8,10-13,23,26-30,37H,9,14-22H2,1-2H3/t23-,26-,27+,28-,29-,30+,33-,34-,35+/m0/s1. The summed E-state index contributed by atoms with van der Waals surface area (Å²) in [5, 5.41) is 11.9.